The van der Waals surface area contributed by atoms with E-state index in [-0.39, 0.29) is 10.6 Å². The van der Waals surface area contributed by atoms with E-state index >= 15 is 0 Å². The van der Waals surface area contributed by atoms with E-state index in [1.807, 2.05) is 12.1 Å². The number of hydrogen-bond donors (Lipinski definition) is 2. The maximum absolute atomic E-state index is 10.7. The van der Waals surface area contributed by atoms with Crippen LogP contribution in [0, 0.1) is 21.4 Å². The minimum absolute atomic E-state index is 0.135. The highest BCUT2D eigenvalue weighted by Gasteiger charge is 2.37. The van der Waals surface area contributed by atoms with E-state index in [0.717, 1.165) is 35.7 Å². The topological polar surface area (TPSA) is 72.0 Å². The van der Waals surface area contributed by atoms with Gasteiger partial charge in [0.2, 0.25) is 0 Å². The Kier molecular flexibility index (Phi) is 5.87. The molecule has 3 rings (SSSR count). The number of nitrogens with one attached hydrogen (secondary N) is 2. The molecule has 2 aliphatic rings. The first kappa shape index (κ1) is 19.2. The van der Waals surface area contributed by atoms with Crippen molar-refractivity contribution in [3.8, 4) is 0 Å². The van der Waals surface area contributed by atoms with Crippen molar-refractivity contribution in [2.24, 2.45) is 16.3 Å². The van der Waals surface area contributed by atoms with Crippen LogP contribution in [0.4, 0.5) is 5.69 Å². The number of nitro groups is 1. The summed E-state index contributed by atoms with van der Waals surface area (Å²) >= 11 is 1.67. The van der Waals surface area contributed by atoms with Gasteiger partial charge in [-0.2, -0.15) is 0 Å². The molecule has 0 saturated heterocycles. The summed E-state index contributed by atoms with van der Waals surface area (Å²) in [6.45, 7) is 8.92. The van der Waals surface area contributed by atoms with Crippen LogP contribution in [-0.4, -0.2) is 29.5 Å². The van der Waals surface area contributed by atoms with E-state index in [1.54, 1.807) is 28.8 Å². The number of nitro benzene ring substituents is 1. The Morgan fingerprint density at radius 2 is 2.08 bits per heavy atom. The monoisotopic (exact) mass is 377 g/mol. The Labute approximate surface area is 159 Å². The Balaban J connectivity index is 1.51. The summed E-state index contributed by atoms with van der Waals surface area (Å²) in [5, 5.41) is 15.2. The number of hydrogen-bond acceptors (Lipinski definition) is 5. The van der Waals surface area contributed by atoms with Gasteiger partial charge in [-0.15, -0.1) is 0 Å². The SMILES string of the molecule is C[C@@H]1C[C@H]([NH+]2CN=C(SCc3ccc([N+](=O)[O-])cc3)NC2)CC(C)(C)C1. The maximum atomic E-state index is 10.7. The number of thioether (sulfide) groups is 1. The van der Waals surface area contributed by atoms with E-state index in [9.17, 15) is 10.1 Å². The third-order valence-electron chi connectivity index (χ3n) is 5.38. The predicted molar refractivity (Wildman–Crippen MR) is 106 cm³/mol. The molecule has 1 aliphatic carbocycles. The fourth-order valence-electron chi connectivity index (χ4n) is 4.37. The minimum Gasteiger partial charge on any atom is -0.318 e. The first-order chi connectivity index (χ1) is 12.3. The van der Waals surface area contributed by atoms with Gasteiger partial charge in [-0.3, -0.25) is 15.0 Å². The molecule has 0 radical (unpaired) electrons. The molecule has 3 atom stereocenters. The largest absolute Gasteiger partial charge is 0.318 e. The van der Waals surface area contributed by atoms with Gasteiger partial charge >= 0.3 is 0 Å². The van der Waals surface area contributed by atoms with Crippen LogP contribution < -0.4 is 10.2 Å². The van der Waals surface area contributed by atoms with E-state index in [4.69, 9.17) is 4.99 Å². The summed E-state index contributed by atoms with van der Waals surface area (Å²) in [6, 6.07) is 7.44. The third-order valence-corrected chi connectivity index (χ3v) is 6.40. The zero-order valence-corrected chi connectivity index (χ0v) is 16.6. The molecule has 142 valence electrons. The van der Waals surface area contributed by atoms with Gasteiger partial charge in [0.1, 0.15) is 0 Å². The van der Waals surface area contributed by atoms with Crippen LogP contribution in [-0.2, 0) is 5.75 Å². The Morgan fingerprint density at radius 1 is 1.35 bits per heavy atom. The highest BCUT2D eigenvalue weighted by Crippen LogP contribution is 2.37. The fraction of sp³-hybridized carbons (Fsp3) is 0.632. The lowest BCUT2D eigenvalue weighted by Gasteiger charge is -2.42. The van der Waals surface area contributed by atoms with Gasteiger partial charge in [0, 0.05) is 30.7 Å². The summed E-state index contributed by atoms with van der Waals surface area (Å²) in [5.41, 5.74) is 1.64. The zero-order chi connectivity index (χ0) is 18.7. The molecule has 0 amide bonds. The van der Waals surface area contributed by atoms with Gasteiger partial charge in [-0.1, -0.05) is 44.7 Å². The number of amidine groups is 1. The molecule has 26 heavy (non-hydrogen) atoms. The highest BCUT2D eigenvalue weighted by atomic mass is 32.2. The molecular formula is C19H29N4O2S+. The lowest BCUT2D eigenvalue weighted by Crippen LogP contribution is -3.18. The Morgan fingerprint density at radius 3 is 2.65 bits per heavy atom. The molecule has 1 unspecified atom stereocenters. The molecule has 0 spiro atoms. The quantitative estimate of drug-likeness (QED) is 0.625. The molecule has 1 aromatic rings. The number of nitrogens with zero attached hydrogens (tertiary/aromatic N) is 2. The molecular weight excluding hydrogens is 348 g/mol. The lowest BCUT2D eigenvalue weighted by molar-refractivity contribution is -0.930. The summed E-state index contributed by atoms with van der Waals surface area (Å²) in [6.07, 6.45) is 3.89. The van der Waals surface area contributed by atoms with Crippen molar-refractivity contribution in [1.82, 2.24) is 5.32 Å². The van der Waals surface area contributed by atoms with Crippen LogP contribution >= 0.6 is 11.8 Å². The second kappa shape index (κ2) is 7.96. The van der Waals surface area contributed by atoms with Gasteiger partial charge < -0.3 is 5.32 Å². The second-order valence-electron chi connectivity index (χ2n) is 8.46. The zero-order valence-electron chi connectivity index (χ0n) is 15.8. The van der Waals surface area contributed by atoms with E-state index in [2.05, 4.69) is 26.1 Å². The molecule has 6 nitrogen and oxygen atoms in total. The summed E-state index contributed by atoms with van der Waals surface area (Å²) < 4.78 is 0. The van der Waals surface area contributed by atoms with Crippen molar-refractivity contribution < 1.29 is 9.82 Å². The minimum atomic E-state index is -0.367. The number of rotatable bonds is 4. The molecule has 1 saturated carbocycles. The van der Waals surface area contributed by atoms with E-state index in [0.29, 0.717) is 11.5 Å². The van der Waals surface area contributed by atoms with Crippen molar-refractivity contribution in [3.05, 3.63) is 39.9 Å². The van der Waals surface area contributed by atoms with Crippen molar-refractivity contribution in [3.63, 3.8) is 0 Å². The van der Waals surface area contributed by atoms with Gasteiger partial charge in [0.25, 0.3) is 5.69 Å². The second-order valence-corrected chi connectivity index (χ2v) is 9.42. The number of benzene rings is 1. The Hall–Kier alpha value is -1.60. The highest BCUT2D eigenvalue weighted by molar-refractivity contribution is 8.13. The smallest absolute Gasteiger partial charge is 0.269 e. The fourth-order valence-corrected chi connectivity index (χ4v) is 5.19. The summed E-state index contributed by atoms with van der Waals surface area (Å²) in [4.78, 5) is 16.6. The van der Waals surface area contributed by atoms with Crippen LogP contribution in [0.25, 0.3) is 0 Å². The van der Waals surface area contributed by atoms with E-state index < -0.39 is 0 Å². The molecule has 2 N–H and O–H groups in total. The maximum Gasteiger partial charge on any atom is 0.269 e. The molecule has 0 bridgehead atoms. The molecule has 1 aliphatic heterocycles. The number of quaternary nitrogens is 1. The van der Waals surface area contributed by atoms with Crippen LogP contribution in [0.3, 0.4) is 0 Å². The third kappa shape index (κ3) is 4.98. The van der Waals surface area contributed by atoms with Crippen molar-refractivity contribution >= 4 is 22.6 Å². The van der Waals surface area contributed by atoms with Crippen molar-refractivity contribution in [2.45, 2.75) is 51.8 Å². The first-order valence-corrected chi connectivity index (χ1v) is 10.3. The number of non-ortho nitro benzene ring substituents is 1. The van der Waals surface area contributed by atoms with Gasteiger partial charge in [-0.05, 0) is 23.3 Å². The molecule has 1 heterocycles. The average Bonchev–Trinajstić information content (AvgIpc) is 2.59. The molecule has 1 fully saturated rings. The van der Waals surface area contributed by atoms with Crippen molar-refractivity contribution in [1.29, 1.82) is 0 Å². The standard InChI is InChI=1S/C19H28N4O2S/c1-14-8-17(10-19(2,3)9-14)22-12-20-18(21-13-22)26-11-15-4-6-16(7-5-15)23(24)25/h4-7,14,17H,8-13H2,1-3H3,(H,20,21)/p+1/t14-,17+/m1/s1. The predicted octanol–water partition coefficient (Wildman–Crippen LogP) is 2.80. The summed E-state index contributed by atoms with van der Waals surface area (Å²) in [5.74, 6) is 1.56. The van der Waals surface area contributed by atoms with Gasteiger partial charge in [0.15, 0.2) is 18.5 Å². The lowest BCUT2D eigenvalue weighted by atomic mass is 9.70. The molecule has 1 aromatic carbocycles. The average molecular weight is 378 g/mol. The van der Waals surface area contributed by atoms with Gasteiger partial charge in [0.05, 0.1) is 11.0 Å². The number of aliphatic imine (C=N–C) groups is 1. The Bertz CT molecular complexity index is 675. The summed E-state index contributed by atoms with van der Waals surface area (Å²) in [7, 11) is 0. The molecule has 7 heteroatoms. The van der Waals surface area contributed by atoms with Crippen molar-refractivity contribution in [2.75, 3.05) is 13.3 Å². The van der Waals surface area contributed by atoms with Crippen LogP contribution in [0.1, 0.15) is 45.6 Å². The van der Waals surface area contributed by atoms with Crippen LogP contribution in [0.15, 0.2) is 29.3 Å². The first-order valence-electron chi connectivity index (χ1n) is 9.31. The van der Waals surface area contributed by atoms with Crippen LogP contribution in [0.2, 0.25) is 0 Å². The molecule has 0 aromatic heterocycles. The van der Waals surface area contributed by atoms with Gasteiger partial charge in [-0.25, -0.2) is 4.99 Å². The van der Waals surface area contributed by atoms with E-state index in [1.165, 1.54) is 19.3 Å². The van der Waals surface area contributed by atoms with Crippen LogP contribution in [0.5, 0.6) is 0 Å². The normalized spacial score (nSPS) is 28.1.